The summed E-state index contributed by atoms with van der Waals surface area (Å²) in [6.07, 6.45) is 10.0. The third-order valence-electron chi connectivity index (χ3n) is 3.85. The van der Waals surface area contributed by atoms with Crippen LogP contribution in [0.25, 0.3) is 0 Å². The molecule has 1 heterocycles. The molecule has 2 unspecified atom stereocenters. The highest BCUT2D eigenvalue weighted by Crippen LogP contribution is 2.32. The summed E-state index contributed by atoms with van der Waals surface area (Å²) in [7, 11) is 0. The summed E-state index contributed by atoms with van der Waals surface area (Å²) in [5.74, 6) is 0.212. The standard InChI is InChI=1S/C15H23FN2/c1-2-8-18-13-6-4-3-5-12(10-13)14-7-9-17-11-15(14)16/h7,9,11-13,18H,2-6,8,10H2,1H3. The SMILES string of the molecule is CCCNC1CCCCC(c2ccncc2F)C1. The quantitative estimate of drug-likeness (QED) is 0.825. The van der Waals surface area contributed by atoms with Gasteiger partial charge in [-0.15, -0.1) is 0 Å². The van der Waals surface area contributed by atoms with E-state index in [4.69, 9.17) is 0 Å². The van der Waals surface area contributed by atoms with Crippen molar-refractivity contribution < 1.29 is 4.39 Å². The van der Waals surface area contributed by atoms with Crippen LogP contribution in [-0.2, 0) is 0 Å². The van der Waals surface area contributed by atoms with Crippen LogP contribution in [0.2, 0.25) is 0 Å². The second kappa shape index (κ2) is 6.83. The van der Waals surface area contributed by atoms with Crippen LogP contribution in [-0.4, -0.2) is 17.6 Å². The van der Waals surface area contributed by atoms with Gasteiger partial charge in [0.25, 0.3) is 0 Å². The van der Waals surface area contributed by atoms with Crippen molar-refractivity contribution in [3.05, 3.63) is 29.8 Å². The van der Waals surface area contributed by atoms with Crippen molar-refractivity contribution >= 4 is 0 Å². The summed E-state index contributed by atoms with van der Waals surface area (Å²) in [6.45, 7) is 3.25. The summed E-state index contributed by atoms with van der Waals surface area (Å²) in [5, 5.41) is 3.59. The minimum absolute atomic E-state index is 0.140. The Morgan fingerprint density at radius 1 is 1.39 bits per heavy atom. The number of halogens is 1. The summed E-state index contributed by atoms with van der Waals surface area (Å²) in [6, 6.07) is 2.40. The lowest BCUT2D eigenvalue weighted by Crippen LogP contribution is -2.30. The molecule has 0 aliphatic heterocycles. The third kappa shape index (κ3) is 3.52. The minimum Gasteiger partial charge on any atom is -0.314 e. The number of nitrogens with zero attached hydrogens (tertiary/aromatic N) is 1. The van der Waals surface area contributed by atoms with Crippen LogP contribution in [0.4, 0.5) is 4.39 Å². The zero-order valence-corrected chi connectivity index (χ0v) is 11.2. The molecule has 0 aromatic carbocycles. The van der Waals surface area contributed by atoms with Crippen LogP contribution in [0.1, 0.15) is 56.9 Å². The highest BCUT2D eigenvalue weighted by atomic mass is 19.1. The van der Waals surface area contributed by atoms with Crippen molar-refractivity contribution in [3.63, 3.8) is 0 Å². The molecule has 1 saturated carbocycles. The Bertz CT molecular complexity index is 367. The van der Waals surface area contributed by atoms with E-state index in [1.165, 1.54) is 25.5 Å². The molecule has 0 bridgehead atoms. The summed E-state index contributed by atoms with van der Waals surface area (Å²) < 4.78 is 13.8. The molecule has 1 aromatic heterocycles. The molecule has 1 N–H and O–H groups in total. The summed E-state index contributed by atoms with van der Waals surface area (Å²) in [4.78, 5) is 3.84. The van der Waals surface area contributed by atoms with Crippen molar-refractivity contribution in [2.45, 2.75) is 57.4 Å². The topological polar surface area (TPSA) is 24.9 Å². The van der Waals surface area contributed by atoms with Gasteiger partial charge in [0.2, 0.25) is 0 Å². The Kier molecular flexibility index (Phi) is 5.12. The average Bonchev–Trinajstić information content (AvgIpc) is 2.62. The first-order chi connectivity index (χ1) is 8.81. The number of hydrogen-bond donors (Lipinski definition) is 1. The highest BCUT2D eigenvalue weighted by Gasteiger charge is 2.23. The van der Waals surface area contributed by atoms with E-state index < -0.39 is 0 Å². The Morgan fingerprint density at radius 3 is 3.00 bits per heavy atom. The molecule has 2 nitrogen and oxygen atoms in total. The summed E-state index contributed by atoms with van der Waals surface area (Å²) >= 11 is 0. The lowest BCUT2D eigenvalue weighted by molar-refractivity contribution is 0.432. The monoisotopic (exact) mass is 250 g/mol. The lowest BCUT2D eigenvalue weighted by Gasteiger charge is -2.21. The van der Waals surface area contributed by atoms with E-state index in [2.05, 4.69) is 17.2 Å². The van der Waals surface area contributed by atoms with Gasteiger partial charge in [-0.3, -0.25) is 4.98 Å². The number of pyridine rings is 1. The molecule has 1 aromatic rings. The van der Waals surface area contributed by atoms with Crippen LogP contribution >= 0.6 is 0 Å². The predicted molar refractivity (Wildman–Crippen MR) is 72.1 cm³/mol. The lowest BCUT2D eigenvalue weighted by atomic mass is 9.90. The third-order valence-corrected chi connectivity index (χ3v) is 3.85. The Labute approximate surface area is 109 Å². The maximum atomic E-state index is 13.8. The van der Waals surface area contributed by atoms with Gasteiger partial charge in [0.1, 0.15) is 5.82 Å². The van der Waals surface area contributed by atoms with Crippen molar-refractivity contribution in [1.82, 2.24) is 10.3 Å². The maximum absolute atomic E-state index is 13.8. The Balaban J connectivity index is 2.05. The fraction of sp³-hybridized carbons (Fsp3) is 0.667. The van der Waals surface area contributed by atoms with Gasteiger partial charge in [0, 0.05) is 12.2 Å². The van der Waals surface area contributed by atoms with E-state index in [1.54, 1.807) is 6.20 Å². The number of nitrogens with one attached hydrogen (secondary N) is 1. The molecular weight excluding hydrogens is 227 g/mol. The van der Waals surface area contributed by atoms with Gasteiger partial charge in [-0.2, -0.15) is 0 Å². The smallest absolute Gasteiger partial charge is 0.144 e. The molecule has 0 saturated heterocycles. The van der Waals surface area contributed by atoms with Crippen molar-refractivity contribution in [2.24, 2.45) is 0 Å². The normalized spacial score (nSPS) is 24.8. The number of hydrogen-bond acceptors (Lipinski definition) is 2. The molecule has 100 valence electrons. The molecule has 1 aliphatic rings. The van der Waals surface area contributed by atoms with Gasteiger partial charge in [0.15, 0.2) is 0 Å². The fourth-order valence-corrected chi connectivity index (χ4v) is 2.89. The molecule has 2 atom stereocenters. The molecular formula is C15H23FN2. The van der Waals surface area contributed by atoms with Crippen molar-refractivity contribution in [2.75, 3.05) is 6.54 Å². The van der Waals surface area contributed by atoms with E-state index in [0.717, 1.165) is 31.4 Å². The Hall–Kier alpha value is -0.960. The van der Waals surface area contributed by atoms with Gasteiger partial charge in [-0.05, 0) is 49.8 Å². The first kappa shape index (κ1) is 13.5. The van der Waals surface area contributed by atoms with E-state index in [1.807, 2.05) is 6.07 Å². The average molecular weight is 250 g/mol. The molecule has 1 fully saturated rings. The van der Waals surface area contributed by atoms with Crippen LogP contribution in [0, 0.1) is 5.82 Å². The maximum Gasteiger partial charge on any atom is 0.144 e. The molecule has 18 heavy (non-hydrogen) atoms. The predicted octanol–water partition coefficient (Wildman–Crippen LogP) is 3.64. The van der Waals surface area contributed by atoms with Gasteiger partial charge in [-0.25, -0.2) is 4.39 Å². The molecule has 0 spiro atoms. The zero-order chi connectivity index (χ0) is 12.8. The van der Waals surface area contributed by atoms with E-state index in [-0.39, 0.29) is 5.82 Å². The number of rotatable bonds is 4. The second-order valence-corrected chi connectivity index (χ2v) is 5.27. The van der Waals surface area contributed by atoms with E-state index >= 15 is 0 Å². The minimum atomic E-state index is -0.140. The first-order valence-corrected chi connectivity index (χ1v) is 7.14. The molecule has 0 radical (unpaired) electrons. The first-order valence-electron chi connectivity index (χ1n) is 7.14. The second-order valence-electron chi connectivity index (χ2n) is 5.27. The van der Waals surface area contributed by atoms with Gasteiger partial charge >= 0.3 is 0 Å². The fourth-order valence-electron chi connectivity index (χ4n) is 2.89. The van der Waals surface area contributed by atoms with Gasteiger partial charge < -0.3 is 5.32 Å². The summed E-state index contributed by atoms with van der Waals surface area (Å²) in [5.41, 5.74) is 0.857. The number of aromatic nitrogens is 1. The zero-order valence-electron chi connectivity index (χ0n) is 11.2. The largest absolute Gasteiger partial charge is 0.314 e. The molecule has 0 amide bonds. The van der Waals surface area contributed by atoms with Gasteiger partial charge in [0.05, 0.1) is 6.20 Å². The molecule has 1 aliphatic carbocycles. The van der Waals surface area contributed by atoms with Crippen LogP contribution < -0.4 is 5.32 Å². The Morgan fingerprint density at radius 2 is 2.22 bits per heavy atom. The van der Waals surface area contributed by atoms with Crippen molar-refractivity contribution in [1.29, 1.82) is 0 Å². The molecule has 2 rings (SSSR count). The molecule has 3 heteroatoms. The van der Waals surface area contributed by atoms with Crippen molar-refractivity contribution in [3.8, 4) is 0 Å². The highest BCUT2D eigenvalue weighted by molar-refractivity contribution is 5.18. The van der Waals surface area contributed by atoms with E-state index in [9.17, 15) is 4.39 Å². The van der Waals surface area contributed by atoms with Crippen LogP contribution in [0.5, 0.6) is 0 Å². The van der Waals surface area contributed by atoms with Gasteiger partial charge in [-0.1, -0.05) is 19.8 Å². The van der Waals surface area contributed by atoms with E-state index in [0.29, 0.717) is 12.0 Å². The van der Waals surface area contributed by atoms with Crippen LogP contribution in [0.3, 0.4) is 0 Å². The van der Waals surface area contributed by atoms with Crippen LogP contribution in [0.15, 0.2) is 18.5 Å².